The van der Waals surface area contributed by atoms with Crippen LogP contribution in [0.2, 0.25) is 0 Å². The van der Waals surface area contributed by atoms with E-state index in [0.29, 0.717) is 0 Å². The molecule has 3 heteroatoms. The van der Waals surface area contributed by atoms with Crippen molar-refractivity contribution in [3.63, 3.8) is 0 Å². The highest BCUT2D eigenvalue weighted by Crippen LogP contribution is 2.22. The summed E-state index contributed by atoms with van der Waals surface area (Å²) >= 11 is 0. The van der Waals surface area contributed by atoms with Gasteiger partial charge >= 0.3 is 0 Å². The molecule has 0 aliphatic heterocycles. The molecule has 2 N–H and O–H groups in total. The topological polar surface area (TPSA) is 43.8 Å². The maximum atomic E-state index is 5.88. The normalized spacial score (nSPS) is 13.3. The number of aryl methyl sites for hydroxylation is 2. The summed E-state index contributed by atoms with van der Waals surface area (Å²) in [6.07, 6.45) is 0.995. The van der Waals surface area contributed by atoms with Crippen LogP contribution in [0.4, 0.5) is 0 Å². The fourth-order valence-corrected chi connectivity index (χ4v) is 1.97. The van der Waals surface area contributed by atoms with Crippen LogP contribution in [0.1, 0.15) is 31.1 Å². The molecule has 1 heterocycles. The Morgan fingerprint density at radius 1 is 1.47 bits per heavy atom. The number of rotatable bonds is 2. The van der Waals surface area contributed by atoms with Crippen molar-refractivity contribution in [2.45, 2.75) is 26.3 Å². The summed E-state index contributed by atoms with van der Waals surface area (Å²) in [6.45, 7) is 4.15. The third kappa shape index (κ3) is 1.63. The number of fused-ring (bicyclic) bond motifs is 1. The van der Waals surface area contributed by atoms with E-state index in [-0.39, 0.29) is 6.04 Å². The zero-order valence-electron chi connectivity index (χ0n) is 9.49. The Balaban J connectivity index is 2.68. The fraction of sp³-hybridized carbons (Fsp3) is 0.417. The number of hydrogen-bond acceptors (Lipinski definition) is 2. The number of nitrogens with two attached hydrogens (primary N) is 1. The molecule has 0 amide bonds. The van der Waals surface area contributed by atoms with Crippen molar-refractivity contribution in [1.82, 2.24) is 9.78 Å². The van der Waals surface area contributed by atoms with Crippen molar-refractivity contribution in [3.8, 4) is 0 Å². The van der Waals surface area contributed by atoms with E-state index < -0.39 is 0 Å². The molecule has 0 saturated carbocycles. The van der Waals surface area contributed by atoms with Gasteiger partial charge in [-0.1, -0.05) is 13.0 Å². The average molecular weight is 203 g/mol. The first-order valence-corrected chi connectivity index (χ1v) is 5.34. The Bertz CT molecular complexity index is 483. The fourth-order valence-electron chi connectivity index (χ4n) is 1.97. The molecule has 0 saturated heterocycles. The van der Waals surface area contributed by atoms with Gasteiger partial charge in [-0.2, -0.15) is 5.10 Å². The highest BCUT2D eigenvalue weighted by Gasteiger charge is 2.08. The molecular weight excluding hydrogens is 186 g/mol. The van der Waals surface area contributed by atoms with E-state index in [9.17, 15) is 0 Å². The van der Waals surface area contributed by atoms with Gasteiger partial charge in [-0.25, -0.2) is 0 Å². The van der Waals surface area contributed by atoms with Crippen molar-refractivity contribution in [1.29, 1.82) is 0 Å². The van der Waals surface area contributed by atoms with E-state index in [1.54, 1.807) is 0 Å². The van der Waals surface area contributed by atoms with Gasteiger partial charge < -0.3 is 5.73 Å². The van der Waals surface area contributed by atoms with Gasteiger partial charge in [-0.3, -0.25) is 4.68 Å². The smallest absolute Gasteiger partial charge is 0.0926 e. The Kier molecular flexibility index (Phi) is 2.49. The number of aromatic nitrogens is 2. The van der Waals surface area contributed by atoms with Crippen molar-refractivity contribution in [2.75, 3.05) is 0 Å². The van der Waals surface area contributed by atoms with E-state index >= 15 is 0 Å². The SMILES string of the molecule is CCc1c2cc(C(C)N)ccc2nn1C. The lowest BCUT2D eigenvalue weighted by Crippen LogP contribution is -2.04. The third-order valence-electron chi connectivity index (χ3n) is 2.84. The van der Waals surface area contributed by atoms with Gasteiger partial charge in [-0.15, -0.1) is 0 Å². The maximum absolute atomic E-state index is 5.88. The molecule has 2 aromatic rings. The molecular formula is C12H17N3. The average Bonchev–Trinajstić information content (AvgIpc) is 2.51. The lowest BCUT2D eigenvalue weighted by atomic mass is 10.1. The van der Waals surface area contributed by atoms with Crippen LogP contribution in [0, 0.1) is 0 Å². The van der Waals surface area contributed by atoms with Gasteiger partial charge in [-0.05, 0) is 31.0 Å². The van der Waals surface area contributed by atoms with Gasteiger partial charge in [0.25, 0.3) is 0 Å². The third-order valence-corrected chi connectivity index (χ3v) is 2.84. The Labute approximate surface area is 89.9 Å². The summed E-state index contributed by atoms with van der Waals surface area (Å²) in [4.78, 5) is 0. The first kappa shape index (κ1) is 10.2. The van der Waals surface area contributed by atoms with Crippen LogP contribution in [0.15, 0.2) is 18.2 Å². The molecule has 1 unspecified atom stereocenters. The number of nitrogens with zero attached hydrogens (tertiary/aromatic N) is 2. The van der Waals surface area contributed by atoms with Crippen molar-refractivity contribution in [2.24, 2.45) is 12.8 Å². The van der Waals surface area contributed by atoms with Crippen LogP contribution in [0.5, 0.6) is 0 Å². The summed E-state index contributed by atoms with van der Waals surface area (Å²) in [5, 5.41) is 5.69. The standard InChI is InChI=1S/C12H17N3/c1-4-12-10-7-9(8(2)13)5-6-11(10)14-15(12)3/h5-8H,4,13H2,1-3H3. The van der Waals surface area contributed by atoms with Gasteiger partial charge in [0.15, 0.2) is 0 Å². The minimum Gasteiger partial charge on any atom is -0.324 e. The molecule has 15 heavy (non-hydrogen) atoms. The second kappa shape index (κ2) is 3.66. The monoisotopic (exact) mass is 203 g/mol. The minimum atomic E-state index is 0.0827. The Morgan fingerprint density at radius 3 is 2.80 bits per heavy atom. The number of benzene rings is 1. The first-order chi connectivity index (χ1) is 7.13. The number of hydrogen-bond donors (Lipinski definition) is 1. The van der Waals surface area contributed by atoms with E-state index in [1.807, 2.05) is 24.7 Å². The van der Waals surface area contributed by atoms with Gasteiger partial charge in [0.2, 0.25) is 0 Å². The molecule has 0 radical (unpaired) electrons. The van der Waals surface area contributed by atoms with E-state index in [1.165, 1.54) is 16.6 Å². The second-order valence-electron chi connectivity index (χ2n) is 3.99. The van der Waals surface area contributed by atoms with Crippen LogP contribution < -0.4 is 5.73 Å². The predicted octanol–water partition coefficient (Wildman–Crippen LogP) is 2.16. The quantitative estimate of drug-likeness (QED) is 0.812. The molecule has 0 aliphatic rings. The second-order valence-corrected chi connectivity index (χ2v) is 3.99. The summed E-state index contributed by atoms with van der Waals surface area (Å²) in [7, 11) is 1.99. The van der Waals surface area contributed by atoms with Crippen LogP contribution in [0.3, 0.4) is 0 Å². The summed E-state index contributed by atoms with van der Waals surface area (Å²) in [6, 6.07) is 6.35. The molecule has 1 atom stereocenters. The van der Waals surface area contributed by atoms with Gasteiger partial charge in [0.1, 0.15) is 0 Å². The molecule has 3 nitrogen and oxygen atoms in total. The lowest BCUT2D eigenvalue weighted by Gasteiger charge is -2.05. The summed E-state index contributed by atoms with van der Waals surface area (Å²) in [5.41, 5.74) is 9.37. The van der Waals surface area contributed by atoms with Crippen LogP contribution in [0.25, 0.3) is 10.9 Å². The van der Waals surface area contributed by atoms with Gasteiger partial charge in [0.05, 0.1) is 5.52 Å². The highest BCUT2D eigenvalue weighted by molar-refractivity contribution is 5.82. The van der Waals surface area contributed by atoms with Crippen LogP contribution in [-0.4, -0.2) is 9.78 Å². The minimum absolute atomic E-state index is 0.0827. The molecule has 0 aliphatic carbocycles. The zero-order valence-corrected chi connectivity index (χ0v) is 9.49. The van der Waals surface area contributed by atoms with E-state index in [2.05, 4.69) is 24.2 Å². The Hall–Kier alpha value is -1.35. The lowest BCUT2D eigenvalue weighted by molar-refractivity contribution is 0.728. The highest BCUT2D eigenvalue weighted by atomic mass is 15.3. The first-order valence-electron chi connectivity index (χ1n) is 5.34. The van der Waals surface area contributed by atoms with Gasteiger partial charge in [0, 0.05) is 24.2 Å². The molecule has 80 valence electrons. The van der Waals surface area contributed by atoms with Crippen molar-refractivity contribution in [3.05, 3.63) is 29.5 Å². The molecule has 1 aromatic carbocycles. The van der Waals surface area contributed by atoms with Crippen LogP contribution >= 0.6 is 0 Å². The summed E-state index contributed by atoms with van der Waals surface area (Å²) < 4.78 is 1.95. The van der Waals surface area contributed by atoms with Crippen LogP contribution in [-0.2, 0) is 13.5 Å². The zero-order chi connectivity index (χ0) is 11.0. The van der Waals surface area contributed by atoms with Crippen molar-refractivity contribution >= 4 is 10.9 Å². The molecule has 2 rings (SSSR count). The Morgan fingerprint density at radius 2 is 2.20 bits per heavy atom. The van der Waals surface area contributed by atoms with Crippen molar-refractivity contribution < 1.29 is 0 Å². The largest absolute Gasteiger partial charge is 0.324 e. The molecule has 0 bridgehead atoms. The summed E-state index contributed by atoms with van der Waals surface area (Å²) in [5.74, 6) is 0. The van der Waals surface area contributed by atoms with E-state index in [4.69, 9.17) is 5.73 Å². The van der Waals surface area contributed by atoms with E-state index in [0.717, 1.165) is 11.9 Å². The molecule has 0 fully saturated rings. The predicted molar refractivity (Wildman–Crippen MR) is 62.7 cm³/mol. The molecule has 0 spiro atoms. The molecule has 1 aromatic heterocycles. The maximum Gasteiger partial charge on any atom is 0.0926 e.